The molecule has 2 amide bonds. The Kier molecular flexibility index (Phi) is 10.7. The van der Waals surface area contributed by atoms with Crippen LogP contribution in [0.1, 0.15) is 49.8 Å². The fourth-order valence-corrected chi connectivity index (χ4v) is 6.00. The zero-order chi connectivity index (χ0) is 31.0. The predicted molar refractivity (Wildman–Crippen MR) is 168 cm³/mol. The van der Waals surface area contributed by atoms with E-state index in [1.54, 1.807) is 23.1 Å². The highest BCUT2D eigenvalue weighted by molar-refractivity contribution is 7.92. The molecule has 0 saturated heterocycles. The van der Waals surface area contributed by atoms with E-state index in [1.165, 1.54) is 4.31 Å². The van der Waals surface area contributed by atoms with Gasteiger partial charge in [0.1, 0.15) is 6.04 Å². The van der Waals surface area contributed by atoms with Gasteiger partial charge in [0.15, 0.2) is 11.5 Å². The lowest BCUT2D eigenvalue weighted by atomic mass is 10.0. The number of carbonyl (C=O) groups is 2. The van der Waals surface area contributed by atoms with Gasteiger partial charge in [-0.3, -0.25) is 13.9 Å². The fourth-order valence-electron chi connectivity index (χ4n) is 5.05. The van der Waals surface area contributed by atoms with E-state index in [9.17, 15) is 18.0 Å². The van der Waals surface area contributed by atoms with Crippen LogP contribution in [-0.4, -0.2) is 56.8 Å². The molecule has 0 spiro atoms. The lowest BCUT2D eigenvalue weighted by Crippen LogP contribution is -2.52. The number of fused-ring (bicyclic) bond motifs is 1. The SMILES string of the molecule is CC[C@H](C)NC(=O)[C@@H](Cc1ccccc1)N(Cc1cccc(C)c1)C(=O)CCCN(c1ccc2c(c1)OCO2)S(C)(=O)=O. The zero-order valence-electron chi connectivity index (χ0n) is 25.3. The molecule has 0 fully saturated rings. The molecule has 4 rings (SSSR count). The fraction of sp³-hybridized carbons (Fsp3) is 0.394. The van der Waals surface area contributed by atoms with Crippen LogP contribution < -0.4 is 19.1 Å². The summed E-state index contributed by atoms with van der Waals surface area (Å²) >= 11 is 0. The van der Waals surface area contributed by atoms with Crippen molar-refractivity contribution in [2.24, 2.45) is 0 Å². The summed E-state index contributed by atoms with van der Waals surface area (Å²) in [6.07, 6.45) is 2.57. The summed E-state index contributed by atoms with van der Waals surface area (Å²) in [4.78, 5) is 29.3. The van der Waals surface area contributed by atoms with Crippen LogP contribution in [0.4, 0.5) is 5.69 Å². The maximum absolute atomic E-state index is 14.0. The first kappa shape index (κ1) is 31.9. The summed E-state index contributed by atoms with van der Waals surface area (Å²) in [7, 11) is -3.65. The van der Waals surface area contributed by atoms with Crippen LogP contribution in [0.2, 0.25) is 0 Å². The van der Waals surface area contributed by atoms with Crippen molar-refractivity contribution in [2.45, 2.75) is 65.1 Å². The number of hydrogen-bond donors (Lipinski definition) is 1. The Morgan fingerprint density at radius 3 is 2.37 bits per heavy atom. The Bertz CT molecular complexity index is 1510. The molecule has 1 aliphatic heterocycles. The van der Waals surface area contributed by atoms with E-state index in [1.807, 2.05) is 75.4 Å². The lowest BCUT2D eigenvalue weighted by molar-refractivity contribution is -0.141. The second-order valence-corrected chi connectivity index (χ2v) is 12.9. The molecular weight excluding hydrogens is 566 g/mol. The van der Waals surface area contributed by atoms with E-state index in [-0.39, 0.29) is 50.6 Å². The van der Waals surface area contributed by atoms with Crippen LogP contribution in [0.25, 0.3) is 0 Å². The summed E-state index contributed by atoms with van der Waals surface area (Å²) in [5.41, 5.74) is 3.35. The van der Waals surface area contributed by atoms with Gasteiger partial charge in [0.05, 0.1) is 11.9 Å². The van der Waals surface area contributed by atoms with E-state index >= 15 is 0 Å². The topological polar surface area (TPSA) is 105 Å². The van der Waals surface area contributed by atoms with Gasteiger partial charge in [0.25, 0.3) is 0 Å². The number of benzene rings is 3. The number of aryl methyl sites for hydroxylation is 1. The molecule has 9 nitrogen and oxygen atoms in total. The predicted octanol–water partition coefficient (Wildman–Crippen LogP) is 4.82. The number of nitrogens with one attached hydrogen (secondary N) is 1. The second kappa shape index (κ2) is 14.4. The van der Waals surface area contributed by atoms with Gasteiger partial charge in [0.2, 0.25) is 28.6 Å². The molecule has 1 N–H and O–H groups in total. The molecule has 0 aliphatic carbocycles. The van der Waals surface area contributed by atoms with Crippen molar-refractivity contribution >= 4 is 27.5 Å². The summed E-state index contributed by atoms with van der Waals surface area (Å²) in [6, 6.07) is 21.7. The molecule has 0 unspecified atom stereocenters. The molecule has 1 heterocycles. The van der Waals surface area contributed by atoms with Gasteiger partial charge >= 0.3 is 0 Å². The number of ether oxygens (including phenoxy) is 2. The number of rotatable bonds is 14. The van der Waals surface area contributed by atoms with Crippen LogP contribution >= 0.6 is 0 Å². The number of amides is 2. The molecule has 0 saturated carbocycles. The molecule has 10 heteroatoms. The van der Waals surface area contributed by atoms with E-state index in [2.05, 4.69) is 5.32 Å². The molecule has 3 aromatic rings. The minimum atomic E-state index is -3.65. The largest absolute Gasteiger partial charge is 0.454 e. The molecule has 230 valence electrons. The van der Waals surface area contributed by atoms with Crippen LogP contribution in [0.15, 0.2) is 72.8 Å². The van der Waals surface area contributed by atoms with Crippen molar-refractivity contribution < 1.29 is 27.5 Å². The highest BCUT2D eigenvalue weighted by atomic mass is 32.2. The average molecular weight is 608 g/mol. The Morgan fingerprint density at radius 2 is 1.67 bits per heavy atom. The van der Waals surface area contributed by atoms with Crippen molar-refractivity contribution in [3.05, 3.63) is 89.5 Å². The van der Waals surface area contributed by atoms with Crippen molar-refractivity contribution in [1.29, 1.82) is 0 Å². The Morgan fingerprint density at radius 1 is 0.953 bits per heavy atom. The highest BCUT2D eigenvalue weighted by Crippen LogP contribution is 2.36. The normalized spacial score (nSPS) is 13.7. The minimum absolute atomic E-state index is 0.0493. The minimum Gasteiger partial charge on any atom is -0.454 e. The van der Waals surface area contributed by atoms with Crippen LogP contribution in [0, 0.1) is 6.92 Å². The Labute approximate surface area is 254 Å². The summed E-state index contributed by atoms with van der Waals surface area (Å²) < 4.78 is 37.6. The number of carbonyl (C=O) groups excluding carboxylic acids is 2. The highest BCUT2D eigenvalue weighted by Gasteiger charge is 2.31. The summed E-state index contributed by atoms with van der Waals surface area (Å²) in [6.45, 7) is 6.36. The molecular formula is C33H41N3O6S. The van der Waals surface area contributed by atoms with Gasteiger partial charge < -0.3 is 19.7 Å². The van der Waals surface area contributed by atoms with Crippen LogP contribution in [0.5, 0.6) is 11.5 Å². The standard InChI is InChI=1S/C33H41N3O6S/c1-5-25(3)34-33(38)29(20-26-12-7-6-8-13-26)35(22-27-14-9-11-24(2)19-27)32(37)15-10-18-36(43(4,39)40)28-16-17-30-31(21-28)42-23-41-30/h6-9,11-14,16-17,19,21,25,29H,5,10,15,18,20,22-23H2,1-4H3,(H,34,38)/t25-,29+/m0/s1. The number of sulfonamides is 1. The van der Waals surface area contributed by atoms with Crippen molar-refractivity contribution in [3.63, 3.8) is 0 Å². The quantitative estimate of drug-likeness (QED) is 0.282. The molecule has 0 radical (unpaired) electrons. The van der Waals surface area contributed by atoms with Gasteiger partial charge in [0, 0.05) is 38.0 Å². The lowest BCUT2D eigenvalue weighted by Gasteiger charge is -2.33. The third-order valence-corrected chi connectivity index (χ3v) is 8.70. The van der Waals surface area contributed by atoms with E-state index in [0.29, 0.717) is 23.6 Å². The third kappa shape index (κ3) is 8.73. The van der Waals surface area contributed by atoms with Gasteiger partial charge in [-0.25, -0.2) is 8.42 Å². The van der Waals surface area contributed by atoms with E-state index < -0.39 is 16.1 Å². The maximum Gasteiger partial charge on any atom is 0.243 e. The molecule has 3 aromatic carbocycles. The monoisotopic (exact) mass is 607 g/mol. The van der Waals surface area contributed by atoms with Gasteiger partial charge in [-0.15, -0.1) is 0 Å². The van der Waals surface area contributed by atoms with Gasteiger partial charge in [-0.05, 0) is 49.9 Å². The van der Waals surface area contributed by atoms with Crippen LogP contribution in [0.3, 0.4) is 0 Å². The van der Waals surface area contributed by atoms with Crippen molar-refractivity contribution in [3.8, 4) is 11.5 Å². The molecule has 2 atom stereocenters. The van der Waals surface area contributed by atoms with Crippen LogP contribution in [-0.2, 0) is 32.6 Å². The van der Waals surface area contributed by atoms with E-state index in [0.717, 1.165) is 29.4 Å². The maximum atomic E-state index is 14.0. The first-order valence-electron chi connectivity index (χ1n) is 14.6. The molecule has 0 aromatic heterocycles. The van der Waals surface area contributed by atoms with Gasteiger partial charge in [-0.2, -0.15) is 0 Å². The number of anilines is 1. The Hall–Kier alpha value is -4.05. The number of hydrogen-bond acceptors (Lipinski definition) is 6. The second-order valence-electron chi connectivity index (χ2n) is 11.0. The van der Waals surface area contributed by atoms with Crippen molar-refractivity contribution in [2.75, 3.05) is 23.9 Å². The zero-order valence-corrected chi connectivity index (χ0v) is 26.1. The smallest absolute Gasteiger partial charge is 0.243 e. The number of nitrogens with zero attached hydrogens (tertiary/aromatic N) is 2. The molecule has 1 aliphatic rings. The average Bonchev–Trinajstić information content (AvgIpc) is 3.45. The van der Waals surface area contributed by atoms with Crippen molar-refractivity contribution in [1.82, 2.24) is 10.2 Å². The first-order chi connectivity index (χ1) is 20.5. The summed E-state index contributed by atoms with van der Waals surface area (Å²) in [5, 5.41) is 3.08. The Balaban J connectivity index is 1.58. The molecule has 0 bridgehead atoms. The van der Waals surface area contributed by atoms with Gasteiger partial charge in [-0.1, -0.05) is 67.1 Å². The first-order valence-corrected chi connectivity index (χ1v) is 16.5. The van der Waals surface area contributed by atoms with E-state index in [4.69, 9.17) is 9.47 Å². The third-order valence-electron chi connectivity index (χ3n) is 7.50. The molecule has 43 heavy (non-hydrogen) atoms. The summed E-state index contributed by atoms with van der Waals surface area (Å²) in [5.74, 6) is 0.597.